The van der Waals surface area contributed by atoms with Crippen LogP contribution in [0.15, 0.2) is 42.7 Å². The number of rotatable bonds is 12. The molecule has 24 heavy (non-hydrogen) atoms. The van der Waals surface area contributed by atoms with Crippen LogP contribution in [0.25, 0.3) is 6.08 Å². The molecule has 1 aromatic rings. The average molecular weight is 332 g/mol. The average Bonchev–Trinajstić information content (AvgIpc) is 2.59. The highest BCUT2D eigenvalue weighted by atomic mass is 16.5. The molecule has 0 aliphatic carbocycles. The van der Waals surface area contributed by atoms with E-state index in [9.17, 15) is 9.90 Å². The van der Waals surface area contributed by atoms with Gasteiger partial charge in [-0.1, -0.05) is 57.9 Å². The van der Waals surface area contributed by atoms with Crippen molar-refractivity contribution < 1.29 is 19.4 Å². The Morgan fingerprint density at radius 3 is 2.54 bits per heavy atom. The van der Waals surface area contributed by atoms with E-state index in [-0.39, 0.29) is 5.76 Å². The summed E-state index contributed by atoms with van der Waals surface area (Å²) < 4.78 is 11.0. The van der Waals surface area contributed by atoms with Crippen molar-refractivity contribution in [2.75, 3.05) is 13.2 Å². The van der Waals surface area contributed by atoms with Crippen LogP contribution >= 0.6 is 0 Å². The zero-order valence-electron chi connectivity index (χ0n) is 14.7. The molecule has 0 fully saturated rings. The lowest BCUT2D eigenvalue weighted by Crippen LogP contribution is -2.13. The molecule has 0 aromatic heterocycles. The maximum absolute atomic E-state index is 11.4. The summed E-state index contributed by atoms with van der Waals surface area (Å²) in [7, 11) is 0. The van der Waals surface area contributed by atoms with Crippen molar-refractivity contribution in [3.63, 3.8) is 0 Å². The lowest BCUT2D eigenvalue weighted by atomic mass is 10.0. The third kappa shape index (κ3) is 7.36. The van der Waals surface area contributed by atoms with E-state index >= 15 is 0 Å². The van der Waals surface area contributed by atoms with Crippen molar-refractivity contribution >= 4 is 12.0 Å². The molecule has 1 rings (SSSR count). The molecule has 4 nitrogen and oxygen atoms in total. The van der Waals surface area contributed by atoms with Gasteiger partial charge in [-0.2, -0.15) is 0 Å². The molecule has 0 aliphatic heterocycles. The zero-order valence-corrected chi connectivity index (χ0v) is 14.7. The topological polar surface area (TPSA) is 55.8 Å². The van der Waals surface area contributed by atoms with Gasteiger partial charge in [0.25, 0.3) is 0 Å². The summed E-state index contributed by atoms with van der Waals surface area (Å²) >= 11 is 0. The minimum absolute atomic E-state index is 0.0234. The monoisotopic (exact) mass is 332 g/mol. The fraction of sp³-hybridized carbons (Fsp3) is 0.450. The summed E-state index contributed by atoms with van der Waals surface area (Å²) in [5, 5.41) is 9.34. The molecule has 0 spiro atoms. The first kappa shape index (κ1) is 19.8. The molecule has 0 bridgehead atoms. The summed E-state index contributed by atoms with van der Waals surface area (Å²) in [5.41, 5.74) is 0.764. The molecule has 1 unspecified atom stereocenters. The third-order valence-electron chi connectivity index (χ3n) is 3.77. The highest BCUT2D eigenvalue weighted by molar-refractivity contribution is 5.89. The van der Waals surface area contributed by atoms with Gasteiger partial charge in [-0.15, -0.1) is 0 Å². The Morgan fingerprint density at radius 1 is 1.29 bits per heavy atom. The number of benzene rings is 1. The first-order valence-corrected chi connectivity index (χ1v) is 8.52. The van der Waals surface area contributed by atoms with Gasteiger partial charge in [0.1, 0.15) is 12.4 Å². The summed E-state index contributed by atoms with van der Waals surface area (Å²) in [4.78, 5) is 11.4. The zero-order chi connectivity index (χ0) is 17.8. The Bertz CT molecular complexity index is 531. The molecule has 1 N–H and O–H groups in total. The van der Waals surface area contributed by atoms with E-state index in [1.807, 2.05) is 0 Å². The van der Waals surface area contributed by atoms with E-state index in [0.29, 0.717) is 19.1 Å². The number of carbonyl (C=O) groups is 1. The quantitative estimate of drug-likeness (QED) is 0.336. The first-order valence-electron chi connectivity index (χ1n) is 8.52. The molecule has 1 atom stereocenters. The van der Waals surface area contributed by atoms with Crippen LogP contribution in [0.5, 0.6) is 5.75 Å². The molecule has 4 heteroatoms. The molecule has 0 heterocycles. The third-order valence-corrected chi connectivity index (χ3v) is 3.77. The molecule has 0 radical (unpaired) electrons. The Labute approximate surface area is 144 Å². The van der Waals surface area contributed by atoms with Crippen LogP contribution in [0.2, 0.25) is 0 Å². The first-order chi connectivity index (χ1) is 11.6. The lowest BCUT2D eigenvalue weighted by molar-refractivity contribution is -0.136. The van der Waals surface area contributed by atoms with E-state index in [1.165, 1.54) is 0 Å². The van der Waals surface area contributed by atoms with Crippen molar-refractivity contribution in [2.45, 2.75) is 39.5 Å². The van der Waals surface area contributed by atoms with Gasteiger partial charge in [0.05, 0.1) is 6.61 Å². The highest BCUT2D eigenvalue weighted by Gasteiger charge is 2.13. The second-order valence-corrected chi connectivity index (χ2v) is 5.71. The minimum Gasteiger partial charge on any atom is -0.490 e. The van der Waals surface area contributed by atoms with Gasteiger partial charge >= 0.3 is 5.97 Å². The van der Waals surface area contributed by atoms with Gasteiger partial charge in [-0.3, -0.25) is 0 Å². The largest absolute Gasteiger partial charge is 0.490 e. The maximum atomic E-state index is 11.4. The predicted octanol–water partition coefficient (Wildman–Crippen LogP) is 4.91. The number of ether oxygens (including phenoxy) is 2. The van der Waals surface area contributed by atoms with Crippen molar-refractivity contribution in [1.29, 1.82) is 0 Å². The van der Waals surface area contributed by atoms with Crippen molar-refractivity contribution in [1.82, 2.24) is 0 Å². The molecule has 0 saturated carbocycles. The summed E-state index contributed by atoms with van der Waals surface area (Å²) in [6, 6.07) is 7.20. The van der Waals surface area contributed by atoms with Gasteiger partial charge in [0.2, 0.25) is 5.76 Å². The molecular formula is C20H28O4. The number of aliphatic carboxylic acids is 1. The SMILES string of the molecule is C=CCOc1ccc(C=C(OCC(CC)CCCC)C(=O)O)cc1. The minimum atomic E-state index is -1.05. The summed E-state index contributed by atoms with van der Waals surface area (Å²) in [6.07, 6.45) is 7.55. The molecule has 0 amide bonds. The van der Waals surface area contributed by atoms with E-state index in [2.05, 4.69) is 20.4 Å². The lowest BCUT2D eigenvalue weighted by Gasteiger charge is -2.15. The highest BCUT2D eigenvalue weighted by Crippen LogP contribution is 2.18. The summed E-state index contributed by atoms with van der Waals surface area (Å²) in [6.45, 7) is 8.73. The number of carboxylic acid groups (broad SMARTS) is 1. The van der Waals surface area contributed by atoms with Gasteiger partial charge in [-0.05, 0) is 36.1 Å². The van der Waals surface area contributed by atoms with Crippen molar-refractivity contribution in [3.05, 3.63) is 48.2 Å². The Kier molecular flexibility index (Phi) is 9.35. The molecular weight excluding hydrogens is 304 g/mol. The number of hydrogen-bond donors (Lipinski definition) is 1. The Balaban J connectivity index is 2.70. The van der Waals surface area contributed by atoms with Crippen LogP contribution in [-0.4, -0.2) is 24.3 Å². The van der Waals surface area contributed by atoms with E-state index < -0.39 is 5.97 Å². The van der Waals surface area contributed by atoms with Gasteiger partial charge in [0.15, 0.2) is 0 Å². The molecule has 0 saturated heterocycles. The van der Waals surface area contributed by atoms with Crippen molar-refractivity contribution in [2.24, 2.45) is 5.92 Å². The van der Waals surface area contributed by atoms with Crippen LogP contribution in [0.1, 0.15) is 45.1 Å². The predicted molar refractivity (Wildman–Crippen MR) is 97.0 cm³/mol. The van der Waals surface area contributed by atoms with E-state index in [1.54, 1.807) is 36.4 Å². The van der Waals surface area contributed by atoms with Gasteiger partial charge in [-0.25, -0.2) is 4.79 Å². The Morgan fingerprint density at radius 2 is 2.00 bits per heavy atom. The van der Waals surface area contributed by atoms with Gasteiger partial charge in [0, 0.05) is 0 Å². The smallest absolute Gasteiger partial charge is 0.371 e. The van der Waals surface area contributed by atoms with Crippen LogP contribution < -0.4 is 4.74 Å². The van der Waals surface area contributed by atoms with E-state index in [4.69, 9.17) is 9.47 Å². The standard InChI is InChI=1S/C20H28O4/c1-4-7-8-16(6-3)15-24-19(20(21)22)14-17-9-11-18(12-10-17)23-13-5-2/h5,9-12,14,16H,2,4,6-8,13,15H2,1,3H3,(H,21,22). The van der Waals surface area contributed by atoms with Crippen LogP contribution in [0.4, 0.5) is 0 Å². The number of hydrogen-bond acceptors (Lipinski definition) is 3. The van der Waals surface area contributed by atoms with Crippen LogP contribution in [-0.2, 0) is 9.53 Å². The van der Waals surface area contributed by atoms with Gasteiger partial charge < -0.3 is 14.6 Å². The summed E-state index contributed by atoms with van der Waals surface area (Å²) in [5.74, 6) is 0.0369. The number of unbranched alkanes of at least 4 members (excludes halogenated alkanes) is 1. The van der Waals surface area contributed by atoms with Crippen LogP contribution in [0, 0.1) is 5.92 Å². The Hall–Kier alpha value is -2.23. The molecule has 132 valence electrons. The number of carboxylic acids is 1. The molecule has 1 aromatic carbocycles. The van der Waals surface area contributed by atoms with Crippen LogP contribution in [0.3, 0.4) is 0 Å². The fourth-order valence-electron chi connectivity index (χ4n) is 2.24. The fourth-order valence-corrected chi connectivity index (χ4v) is 2.24. The van der Waals surface area contributed by atoms with Crippen molar-refractivity contribution in [3.8, 4) is 5.75 Å². The normalized spacial score (nSPS) is 12.5. The second kappa shape index (κ2) is 11.3. The second-order valence-electron chi connectivity index (χ2n) is 5.71. The maximum Gasteiger partial charge on any atom is 0.371 e. The van der Waals surface area contributed by atoms with E-state index in [0.717, 1.165) is 37.0 Å². The molecule has 0 aliphatic rings.